The van der Waals surface area contributed by atoms with E-state index in [1.165, 1.54) is 0 Å². The topological polar surface area (TPSA) is 35.8 Å². The van der Waals surface area contributed by atoms with E-state index >= 15 is 0 Å². The fourth-order valence-corrected chi connectivity index (χ4v) is 5.84. The summed E-state index contributed by atoms with van der Waals surface area (Å²) < 4.78 is 0. The highest BCUT2D eigenvalue weighted by Gasteiger charge is 2.39. The lowest BCUT2D eigenvalue weighted by Crippen LogP contribution is -2.54. The summed E-state index contributed by atoms with van der Waals surface area (Å²) >= 11 is 0. The van der Waals surface area contributed by atoms with Crippen molar-refractivity contribution in [3.05, 3.63) is 0 Å². The number of aliphatic imine (C=N–C) groups is 1. The van der Waals surface area contributed by atoms with Crippen LogP contribution >= 0.6 is 0 Å². The number of aliphatic hydroxyl groups is 1. The quantitative estimate of drug-likeness (QED) is 0.452. The molecule has 0 bridgehead atoms. The Kier molecular flexibility index (Phi) is 7.01. The molecule has 0 fully saturated rings. The summed E-state index contributed by atoms with van der Waals surface area (Å²) in [4.78, 5) is 6.59. The Labute approximate surface area is 108 Å². The standard InChI is InChI=1S/C13H30N2OSi/c1-8-17(9-2,10-3)13(16)12(15(6)7)14-11(4)5/h11,13,16H,8-10H2,1-7H3. The fourth-order valence-electron chi connectivity index (χ4n) is 2.30. The molecule has 0 heterocycles. The van der Waals surface area contributed by atoms with Gasteiger partial charge in [0.2, 0.25) is 0 Å². The van der Waals surface area contributed by atoms with Crippen LogP contribution < -0.4 is 0 Å². The van der Waals surface area contributed by atoms with Crippen LogP contribution in [0.1, 0.15) is 34.6 Å². The Morgan fingerprint density at radius 3 is 1.76 bits per heavy atom. The Bertz CT molecular complexity index is 240. The average Bonchev–Trinajstić information content (AvgIpc) is 2.28. The van der Waals surface area contributed by atoms with Crippen molar-refractivity contribution in [2.45, 2.75) is 64.5 Å². The third-order valence-corrected chi connectivity index (χ3v) is 9.43. The lowest BCUT2D eigenvalue weighted by atomic mass is 10.4. The fraction of sp³-hybridized carbons (Fsp3) is 0.923. The Morgan fingerprint density at radius 2 is 1.53 bits per heavy atom. The smallest absolute Gasteiger partial charge is 0.124 e. The van der Waals surface area contributed by atoms with Crippen LogP contribution in [0.15, 0.2) is 4.99 Å². The van der Waals surface area contributed by atoms with Crippen LogP contribution in [-0.4, -0.2) is 49.8 Å². The van der Waals surface area contributed by atoms with Gasteiger partial charge in [-0.25, -0.2) is 0 Å². The van der Waals surface area contributed by atoms with Crippen LogP contribution in [0, 0.1) is 0 Å². The molecule has 17 heavy (non-hydrogen) atoms. The van der Waals surface area contributed by atoms with Gasteiger partial charge in [0.25, 0.3) is 0 Å². The molecule has 3 nitrogen and oxygen atoms in total. The maximum Gasteiger partial charge on any atom is 0.124 e. The zero-order valence-corrected chi connectivity index (χ0v) is 13.6. The molecular formula is C13H30N2OSi. The van der Waals surface area contributed by atoms with E-state index in [1.54, 1.807) is 0 Å². The molecule has 0 aromatic rings. The Morgan fingerprint density at radius 1 is 1.12 bits per heavy atom. The summed E-state index contributed by atoms with van der Waals surface area (Å²) in [5, 5.41) is 10.7. The molecule has 0 aromatic carbocycles. The number of aliphatic hydroxyl groups excluding tert-OH is 1. The molecule has 0 aliphatic carbocycles. The van der Waals surface area contributed by atoms with E-state index < -0.39 is 8.07 Å². The first kappa shape index (κ1) is 16.6. The van der Waals surface area contributed by atoms with Gasteiger partial charge < -0.3 is 10.0 Å². The minimum Gasteiger partial charge on any atom is -0.389 e. The normalized spacial score (nSPS) is 15.2. The number of hydrogen-bond acceptors (Lipinski definition) is 2. The van der Waals surface area contributed by atoms with Crippen molar-refractivity contribution in [1.82, 2.24) is 4.90 Å². The van der Waals surface area contributed by atoms with Crippen LogP contribution in [0.5, 0.6) is 0 Å². The number of rotatable bonds is 6. The lowest BCUT2D eigenvalue weighted by Gasteiger charge is -2.36. The molecular weight excluding hydrogens is 228 g/mol. The molecule has 1 N–H and O–H groups in total. The maximum atomic E-state index is 10.7. The predicted octanol–water partition coefficient (Wildman–Crippen LogP) is 2.76. The van der Waals surface area contributed by atoms with E-state index in [-0.39, 0.29) is 11.8 Å². The molecule has 0 rings (SSSR count). The molecule has 0 aliphatic heterocycles. The first-order chi connectivity index (χ1) is 7.84. The third-order valence-electron chi connectivity index (χ3n) is 3.79. The molecule has 0 saturated heterocycles. The zero-order valence-electron chi connectivity index (χ0n) is 12.6. The highest BCUT2D eigenvalue weighted by molar-refractivity contribution is 6.83. The van der Waals surface area contributed by atoms with Crippen LogP contribution in [0.3, 0.4) is 0 Å². The van der Waals surface area contributed by atoms with Crippen LogP contribution in [0.25, 0.3) is 0 Å². The predicted molar refractivity (Wildman–Crippen MR) is 79.5 cm³/mol. The molecule has 0 aliphatic rings. The summed E-state index contributed by atoms with van der Waals surface area (Å²) in [6, 6.07) is 3.59. The van der Waals surface area contributed by atoms with E-state index in [4.69, 9.17) is 0 Å². The van der Waals surface area contributed by atoms with Crippen LogP contribution in [0.4, 0.5) is 0 Å². The second-order valence-corrected chi connectivity index (χ2v) is 10.7. The maximum absolute atomic E-state index is 10.7. The van der Waals surface area contributed by atoms with Gasteiger partial charge in [-0.05, 0) is 13.8 Å². The van der Waals surface area contributed by atoms with Gasteiger partial charge >= 0.3 is 0 Å². The van der Waals surface area contributed by atoms with Gasteiger partial charge in [-0.1, -0.05) is 38.9 Å². The van der Waals surface area contributed by atoms with Crippen molar-refractivity contribution < 1.29 is 5.11 Å². The summed E-state index contributed by atoms with van der Waals surface area (Å²) in [6.45, 7) is 10.8. The second-order valence-electron chi connectivity index (χ2n) is 5.30. The van der Waals surface area contributed by atoms with Crippen molar-refractivity contribution >= 4 is 13.9 Å². The van der Waals surface area contributed by atoms with E-state index in [1.807, 2.05) is 19.0 Å². The highest BCUT2D eigenvalue weighted by atomic mass is 28.3. The molecule has 0 spiro atoms. The molecule has 1 atom stereocenters. The summed E-state index contributed by atoms with van der Waals surface area (Å²) in [7, 11) is 2.32. The minimum atomic E-state index is -1.63. The molecule has 0 radical (unpaired) electrons. The van der Waals surface area contributed by atoms with Gasteiger partial charge in [-0.2, -0.15) is 0 Å². The first-order valence-electron chi connectivity index (χ1n) is 6.77. The van der Waals surface area contributed by atoms with Crippen molar-refractivity contribution in [3.8, 4) is 0 Å². The first-order valence-corrected chi connectivity index (χ1v) is 9.47. The Hall–Kier alpha value is -0.353. The van der Waals surface area contributed by atoms with Gasteiger partial charge in [0, 0.05) is 20.1 Å². The molecule has 1 unspecified atom stereocenters. The largest absolute Gasteiger partial charge is 0.389 e. The van der Waals surface area contributed by atoms with Crippen molar-refractivity contribution in [3.63, 3.8) is 0 Å². The monoisotopic (exact) mass is 258 g/mol. The summed E-state index contributed by atoms with van der Waals surface area (Å²) in [5.41, 5.74) is -0.333. The average molecular weight is 258 g/mol. The molecule has 0 saturated carbocycles. The highest BCUT2D eigenvalue weighted by Crippen LogP contribution is 2.25. The van der Waals surface area contributed by atoms with Gasteiger partial charge in [0.05, 0.1) is 8.07 Å². The van der Waals surface area contributed by atoms with E-state index in [2.05, 4.69) is 39.6 Å². The minimum absolute atomic E-state index is 0.235. The van der Waals surface area contributed by atoms with E-state index in [0.717, 1.165) is 24.0 Å². The molecule has 0 aromatic heterocycles. The summed E-state index contributed by atoms with van der Waals surface area (Å²) in [6.07, 6.45) is 0. The van der Waals surface area contributed by atoms with Gasteiger partial charge in [0.15, 0.2) is 0 Å². The zero-order chi connectivity index (χ0) is 13.6. The molecule has 0 amide bonds. The number of amidine groups is 1. The van der Waals surface area contributed by atoms with Gasteiger partial charge in [-0.3, -0.25) is 4.99 Å². The number of hydrogen-bond donors (Lipinski definition) is 1. The van der Waals surface area contributed by atoms with Crippen LogP contribution in [-0.2, 0) is 0 Å². The van der Waals surface area contributed by atoms with Crippen molar-refractivity contribution in [1.29, 1.82) is 0 Å². The third kappa shape index (κ3) is 4.10. The van der Waals surface area contributed by atoms with Gasteiger partial charge in [0.1, 0.15) is 11.6 Å². The van der Waals surface area contributed by atoms with E-state index in [9.17, 15) is 5.11 Å². The van der Waals surface area contributed by atoms with Crippen LogP contribution in [0.2, 0.25) is 18.1 Å². The summed E-state index contributed by atoms with van der Waals surface area (Å²) in [5.74, 6) is 0.872. The number of likely N-dealkylation sites (N-methyl/N-ethyl adjacent to an activating group) is 1. The van der Waals surface area contributed by atoms with Gasteiger partial charge in [-0.15, -0.1) is 0 Å². The Balaban J connectivity index is 5.25. The lowest BCUT2D eigenvalue weighted by molar-refractivity contribution is 0.287. The second kappa shape index (κ2) is 7.16. The van der Waals surface area contributed by atoms with Crippen molar-refractivity contribution in [2.75, 3.05) is 14.1 Å². The van der Waals surface area contributed by atoms with Crippen molar-refractivity contribution in [2.24, 2.45) is 4.99 Å². The van der Waals surface area contributed by atoms with E-state index in [0.29, 0.717) is 0 Å². The SMILES string of the molecule is CC[Si](CC)(CC)C(O)C(=NC(C)C)N(C)C. The number of nitrogens with zero attached hydrogens (tertiary/aromatic N) is 2. The molecule has 4 heteroatoms. The molecule has 102 valence electrons.